The third-order valence-electron chi connectivity index (χ3n) is 2.74. The van der Waals surface area contributed by atoms with E-state index >= 15 is 0 Å². The molecule has 0 aliphatic carbocycles. The summed E-state index contributed by atoms with van der Waals surface area (Å²) in [4.78, 5) is 13.5. The molecule has 76 valence electrons. The first kappa shape index (κ1) is 10.5. The fourth-order valence-corrected chi connectivity index (χ4v) is 1.64. The average molecular weight is 185 g/mol. The number of hydrogen-bond acceptors (Lipinski definition) is 2. The summed E-state index contributed by atoms with van der Waals surface area (Å²) < 4.78 is 0. The number of piperidine rings is 1. The minimum absolute atomic E-state index is 0.102. The Balaban J connectivity index is 2.46. The van der Waals surface area contributed by atoms with Crippen molar-refractivity contribution in [2.75, 3.05) is 13.1 Å². The van der Waals surface area contributed by atoms with Crippen molar-refractivity contribution in [3.63, 3.8) is 0 Å². The van der Waals surface area contributed by atoms with Gasteiger partial charge in [0.25, 0.3) is 0 Å². The number of nitrogens with zero attached hydrogens (tertiary/aromatic N) is 1. The van der Waals surface area contributed by atoms with Gasteiger partial charge in [-0.05, 0) is 19.3 Å². The molecule has 0 aromatic rings. The number of amides is 1. The number of aliphatic hydroxyl groups excluding tert-OH is 1. The Hall–Kier alpha value is -0.570. The molecule has 1 aliphatic rings. The normalized spacial score (nSPS) is 25.8. The van der Waals surface area contributed by atoms with Crippen molar-refractivity contribution in [2.24, 2.45) is 5.92 Å². The van der Waals surface area contributed by atoms with E-state index in [4.69, 9.17) is 0 Å². The smallest absolute Gasteiger partial charge is 0.225 e. The van der Waals surface area contributed by atoms with Crippen molar-refractivity contribution >= 4 is 5.91 Å². The monoisotopic (exact) mass is 185 g/mol. The molecule has 0 aromatic heterocycles. The Kier molecular flexibility index (Phi) is 3.72. The molecule has 1 aliphatic heterocycles. The van der Waals surface area contributed by atoms with Crippen LogP contribution in [0.3, 0.4) is 0 Å². The maximum absolute atomic E-state index is 11.7. The van der Waals surface area contributed by atoms with E-state index in [9.17, 15) is 9.90 Å². The summed E-state index contributed by atoms with van der Waals surface area (Å²) in [6.07, 6.45) is 2.35. The zero-order valence-corrected chi connectivity index (χ0v) is 8.49. The minimum atomic E-state index is -0.304. The topological polar surface area (TPSA) is 40.5 Å². The zero-order chi connectivity index (χ0) is 9.84. The van der Waals surface area contributed by atoms with Crippen LogP contribution in [0.4, 0.5) is 0 Å². The van der Waals surface area contributed by atoms with E-state index in [1.165, 1.54) is 0 Å². The Labute approximate surface area is 79.7 Å². The number of carbonyl (C=O) groups excluding carboxylic acids is 1. The summed E-state index contributed by atoms with van der Waals surface area (Å²) in [7, 11) is 0. The molecular weight excluding hydrogens is 166 g/mol. The first-order valence-corrected chi connectivity index (χ1v) is 5.12. The van der Waals surface area contributed by atoms with Gasteiger partial charge in [-0.3, -0.25) is 4.79 Å². The second-order valence-electron chi connectivity index (χ2n) is 3.89. The third-order valence-corrected chi connectivity index (χ3v) is 2.74. The van der Waals surface area contributed by atoms with Crippen LogP contribution in [0.15, 0.2) is 0 Å². The second kappa shape index (κ2) is 4.61. The Bertz CT molecular complexity index is 182. The van der Waals surface area contributed by atoms with E-state index in [0.29, 0.717) is 6.54 Å². The summed E-state index contributed by atoms with van der Waals surface area (Å²) in [5.74, 6) is 0.298. The van der Waals surface area contributed by atoms with Gasteiger partial charge >= 0.3 is 0 Å². The van der Waals surface area contributed by atoms with E-state index in [2.05, 4.69) is 0 Å². The molecular formula is C10H19NO2. The highest BCUT2D eigenvalue weighted by atomic mass is 16.3. The van der Waals surface area contributed by atoms with E-state index in [1.807, 2.05) is 13.8 Å². The number of rotatable bonds is 2. The molecule has 13 heavy (non-hydrogen) atoms. The number of likely N-dealkylation sites (tertiary alicyclic amines) is 1. The fourth-order valence-electron chi connectivity index (χ4n) is 1.64. The first-order valence-electron chi connectivity index (χ1n) is 5.12. The van der Waals surface area contributed by atoms with Crippen LogP contribution in [0.25, 0.3) is 0 Å². The van der Waals surface area contributed by atoms with Crippen LogP contribution >= 0.6 is 0 Å². The van der Waals surface area contributed by atoms with Crippen molar-refractivity contribution in [1.29, 1.82) is 0 Å². The summed E-state index contributed by atoms with van der Waals surface area (Å²) in [6.45, 7) is 5.32. The van der Waals surface area contributed by atoms with E-state index in [1.54, 1.807) is 4.90 Å². The number of carbonyl (C=O) groups is 1. The van der Waals surface area contributed by atoms with Crippen molar-refractivity contribution in [3.05, 3.63) is 0 Å². The largest absolute Gasteiger partial charge is 0.391 e. The van der Waals surface area contributed by atoms with Crippen LogP contribution in [0.1, 0.15) is 33.1 Å². The Morgan fingerprint density at radius 1 is 1.69 bits per heavy atom. The lowest BCUT2D eigenvalue weighted by Gasteiger charge is -2.31. The van der Waals surface area contributed by atoms with E-state index < -0.39 is 0 Å². The quantitative estimate of drug-likeness (QED) is 0.697. The predicted octanol–water partition coefficient (Wildman–Crippen LogP) is 1.02. The van der Waals surface area contributed by atoms with Gasteiger partial charge in [0.05, 0.1) is 6.10 Å². The summed E-state index contributed by atoms with van der Waals surface area (Å²) >= 11 is 0. The second-order valence-corrected chi connectivity index (χ2v) is 3.89. The molecule has 2 unspecified atom stereocenters. The van der Waals surface area contributed by atoms with Gasteiger partial charge in [0, 0.05) is 19.0 Å². The first-order chi connectivity index (χ1) is 6.15. The highest BCUT2D eigenvalue weighted by molar-refractivity contribution is 5.78. The molecule has 3 nitrogen and oxygen atoms in total. The SMILES string of the molecule is CCC(C)C(=O)N1CCCC(O)C1. The molecule has 1 saturated heterocycles. The Morgan fingerprint density at radius 3 is 2.92 bits per heavy atom. The van der Waals surface area contributed by atoms with Crippen LogP contribution in [-0.2, 0) is 4.79 Å². The number of β-amino-alcohol motifs (C(OH)–C–C–N with tert-alkyl or cyclic N) is 1. The van der Waals surface area contributed by atoms with Gasteiger partial charge in [-0.1, -0.05) is 13.8 Å². The predicted molar refractivity (Wildman–Crippen MR) is 51.3 cm³/mol. The molecule has 1 heterocycles. The Morgan fingerprint density at radius 2 is 2.38 bits per heavy atom. The molecule has 3 heteroatoms. The van der Waals surface area contributed by atoms with Gasteiger partial charge in [-0.15, -0.1) is 0 Å². The van der Waals surface area contributed by atoms with Gasteiger partial charge in [0.1, 0.15) is 0 Å². The van der Waals surface area contributed by atoms with Gasteiger partial charge < -0.3 is 10.0 Å². The third kappa shape index (κ3) is 2.69. The average Bonchev–Trinajstić information content (AvgIpc) is 2.15. The molecule has 1 fully saturated rings. The van der Waals surface area contributed by atoms with Crippen molar-refractivity contribution < 1.29 is 9.90 Å². The van der Waals surface area contributed by atoms with Crippen molar-refractivity contribution in [1.82, 2.24) is 4.90 Å². The maximum Gasteiger partial charge on any atom is 0.225 e. The molecule has 0 spiro atoms. The van der Waals surface area contributed by atoms with Crippen LogP contribution < -0.4 is 0 Å². The minimum Gasteiger partial charge on any atom is -0.391 e. The highest BCUT2D eigenvalue weighted by Gasteiger charge is 2.24. The lowest BCUT2D eigenvalue weighted by Crippen LogP contribution is -2.44. The van der Waals surface area contributed by atoms with Crippen molar-refractivity contribution in [2.45, 2.75) is 39.2 Å². The fraction of sp³-hybridized carbons (Fsp3) is 0.900. The highest BCUT2D eigenvalue weighted by Crippen LogP contribution is 2.14. The van der Waals surface area contributed by atoms with Gasteiger partial charge in [0.2, 0.25) is 5.91 Å². The van der Waals surface area contributed by atoms with Crippen LogP contribution in [0, 0.1) is 5.92 Å². The molecule has 0 radical (unpaired) electrons. The summed E-state index contributed by atoms with van der Waals surface area (Å²) in [6, 6.07) is 0. The molecule has 0 bridgehead atoms. The molecule has 0 saturated carbocycles. The maximum atomic E-state index is 11.7. The van der Waals surface area contributed by atoms with Gasteiger partial charge in [0.15, 0.2) is 0 Å². The van der Waals surface area contributed by atoms with Crippen molar-refractivity contribution in [3.8, 4) is 0 Å². The molecule has 1 N–H and O–H groups in total. The number of aliphatic hydroxyl groups is 1. The molecule has 1 rings (SSSR count). The standard InChI is InChI=1S/C10H19NO2/c1-3-8(2)10(13)11-6-4-5-9(12)7-11/h8-9,12H,3-7H2,1-2H3. The zero-order valence-electron chi connectivity index (χ0n) is 8.49. The summed E-state index contributed by atoms with van der Waals surface area (Å²) in [5.41, 5.74) is 0. The lowest BCUT2D eigenvalue weighted by molar-refractivity contribution is -0.138. The van der Waals surface area contributed by atoms with E-state index in [0.717, 1.165) is 25.8 Å². The van der Waals surface area contributed by atoms with Gasteiger partial charge in [-0.2, -0.15) is 0 Å². The van der Waals surface area contributed by atoms with Crippen LogP contribution in [0.2, 0.25) is 0 Å². The molecule has 0 aromatic carbocycles. The lowest BCUT2D eigenvalue weighted by atomic mass is 10.0. The summed E-state index contributed by atoms with van der Waals surface area (Å²) in [5, 5.41) is 9.39. The van der Waals surface area contributed by atoms with Crippen LogP contribution in [0.5, 0.6) is 0 Å². The van der Waals surface area contributed by atoms with E-state index in [-0.39, 0.29) is 17.9 Å². The van der Waals surface area contributed by atoms with Crippen LogP contribution in [-0.4, -0.2) is 35.1 Å². The molecule has 2 atom stereocenters. The molecule has 1 amide bonds. The number of hydrogen-bond donors (Lipinski definition) is 1. The van der Waals surface area contributed by atoms with Gasteiger partial charge in [-0.25, -0.2) is 0 Å².